The van der Waals surface area contributed by atoms with Gasteiger partial charge in [-0.3, -0.25) is 14.1 Å². The summed E-state index contributed by atoms with van der Waals surface area (Å²) < 4.78 is 78.3. The zero-order valence-electron chi connectivity index (χ0n) is 31.3. The molecular weight excluding hydrogens is 773 g/mol. The maximum absolute atomic E-state index is 12.1. The molecule has 12 nitrogen and oxygen atoms in total. The third-order valence-corrected chi connectivity index (χ3v) is 16.0. The molecule has 0 fully saturated rings. The van der Waals surface area contributed by atoms with Gasteiger partial charge < -0.3 is 19.5 Å². The number of hydrogen-bond acceptors (Lipinski definition) is 9. The van der Waals surface area contributed by atoms with Gasteiger partial charge in [-0.25, -0.2) is 4.79 Å². The highest BCUT2D eigenvalue weighted by atomic mass is 32.2. The van der Waals surface area contributed by atoms with Crippen molar-refractivity contribution in [2.24, 2.45) is 4.99 Å². The van der Waals surface area contributed by atoms with E-state index in [4.69, 9.17) is 14.5 Å². The Morgan fingerprint density at radius 2 is 1.54 bits per heavy atom. The van der Waals surface area contributed by atoms with E-state index in [-0.39, 0.29) is 15.4 Å². The SMILES string of the molecule is COc1cc(C(=O)O)cc(OC)c1C1=C2C=C/C(=N/CCc3cc(S(=O)(=O)O)ccc3C)C=C2[Si](C)(C)c2cc(N3CCc4cc(S(=O)(=O)O)ccc43)ccc21. The molecule has 56 heavy (non-hydrogen) atoms. The number of nitrogens with zero attached hydrogens (tertiary/aromatic N) is 2. The third kappa shape index (κ3) is 7.01. The van der Waals surface area contributed by atoms with Gasteiger partial charge in [-0.05, 0) is 125 Å². The molecule has 2 aliphatic heterocycles. The zero-order valence-corrected chi connectivity index (χ0v) is 34.0. The molecule has 0 amide bonds. The molecule has 0 saturated carbocycles. The van der Waals surface area contributed by atoms with Crippen LogP contribution in [0.3, 0.4) is 0 Å². The number of rotatable bonds is 10. The first-order valence-corrected chi connectivity index (χ1v) is 23.6. The molecule has 0 bridgehead atoms. The highest BCUT2D eigenvalue weighted by molar-refractivity contribution is 7.86. The molecule has 0 aromatic heterocycles. The van der Waals surface area contributed by atoms with E-state index in [2.05, 4.69) is 36.2 Å². The van der Waals surface area contributed by atoms with Crippen molar-refractivity contribution in [3.05, 3.63) is 129 Å². The number of aryl methyl sites for hydroxylation is 1. The summed E-state index contributed by atoms with van der Waals surface area (Å²) in [6.45, 7) is 7.36. The first kappa shape index (κ1) is 38.9. The molecule has 0 spiro atoms. The number of anilines is 2. The van der Waals surface area contributed by atoms with E-state index in [0.29, 0.717) is 43.0 Å². The number of methoxy groups -OCH3 is 2. The molecule has 7 rings (SSSR count). The van der Waals surface area contributed by atoms with Gasteiger partial charge in [0.25, 0.3) is 20.2 Å². The Labute approximate surface area is 326 Å². The lowest BCUT2D eigenvalue weighted by molar-refractivity contribution is 0.0696. The molecule has 4 aromatic carbocycles. The Balaban J connectivity index is 1.37. The summed E-state index contributed by atoms with van der Waals surface area (Å²) in [5.41, 5.74) is 8.24. The van der Waals surface area contributed by atoms with Crippen LogP contribution in [0.4, 0.5) is 11.4 Å². The van der Waals surface area contributed by atoms with Crippen molar-refractivity contribution in [2.45, 2.75) is 42.7 Å². The second kappa shape index (κ2) is 14.3. The molecule has 0 atom stereocenters. The van der Waals surface area contributed by atoms with Crippen molar-refractivity contribution in [3.63, 3.8) is 0 Å². The molecule has 3 N–H and O–H groups in total. The van der Waals surface area contributed by atoms with E-state index in [9.17, 15) is 35.8 Å². The highest BCUT2D eigenvalue weighted by Crippen LogP contribution is 2.48. The number of carboxylic acids is 1. The average molecular weight is 813 g/mol. The number of fused-ring (bicyclic) bond motifs is 3. The Bertz CT molecular complexity index is 2670. The summed E-state index contributed by atoms with van der Waals surface area (Å²) in [5, 5.41) is 12.1. The normalized spacial score (nSPS) is 16.7. The van der Waals surface area contributed by atoms with E-state index in [1.165, 1.54) is 50.6 Å². The Hall–Kier alpha value is -5.32. The molecule has 2 heterocycles. The first-order valence-electron chi connectivity index (χ1n) is 17.7. The molecule has 3 aliphatic rings. The van der Waals surface area contributed by atoms with Crippen molar-refractivity contribution in [1.82, 2.24) is 0 Å². The fourth-order valence-corrected chi connectivity index (χ4v) is 12.0. The maximum Gasteiger partial charge on any atom is 0.335 e. The summed E-state index contributed by atoms with van der Waals surface area (Å²) >= 11 is 0. The van der Waals surface area contributed by atoms with Crippen LogP contribution in [0.5, 0.6) is 11.5 Å². The Morgan fingerprint density at radius 1 is 0.875 bits per heavy atom. The van der Waals surface area contributed by atoms with Crippen LogP contribution in [0.2, 0.25) is 13.1 Å². The zero-order chi connectivity index (χ0) is 40.3. The van der Waals surface area contributed by atoms with Crippen LogP contribution < -0.4 is 19.6 Å². The van der Waals surface area contributed by atoms with E-state index in [0.717, 1.165) is 60.9 Å². The molecule has 0 unspecified atom stereocenters. The number of hydrogen-bond donors (Lipinski definition) is 3. The van der Waals surface area contributed by atoms with E-state index in [1.54, 1.807) is 12.1 Å². The van der Waals surface area contributed by atoms with Crippen molar-refractivity contribution >= 4 is 62.1 Å². The summed E-state index contributed by atoms with van der Waals surface area (Å²) in [6, 6.07) is 18.4. The number of carboxylic acid groups (broad SMARTS) is 1. The summed E-state index contributed by atoms with van der Waals surface area (Å²) in [6.07, 6.45) is 7.07. The van der Waals surface area contributed by atoms with E-state index in [1.807, 2.05) is 25.1 Å². The number of ether oxygens (including phenoxy) is 2. The minimum absolute atomic E-state index is 0.0146. The molecule has 0 radical (unpaired) electrons. The van der Waals surface area contributed by atoms with Crippen LogP contribution in [-0.4, -0.2) is 78.1 Å². The number of aliphatic imine (C=N–C) groups is 1. The fourth-order valence-electron chi connectivity index (χ4n) is 7.83. The van der Waals surface area contributed by atoms with Gasteiger partial charge in [-0.15, -0.1) is 0 Å². The topological polar surface area (TPSA) is 180 Å². The van der Waals surface area contributed by atoms with Gasteiger partial charge in [0.15, 0.2) is 0 Å². The molecular formula is C41H40N2O10S2Si. The van der Waals surface area contributed by atoms with Gasteiger partial charge in [0.2, 0.25) is 0 Å². The van der Waals surface area contributed by atoms with E-state index < -0.39 is 34.3 Å². The third-order valence-electron chi connectivity index (χ3n) is 10.7. The minimum atomic E-state index is -4.35. The average Bonchev–Trinajstić information content (AvgIpc) is 3.58. The second-order valence-electron chi connectivity index (χ2n) is 14.4. The van der Waals surface area contributed by atoms with Gasteiger partial charge in [0, 0.05) is 30.0 Å². The standard InChI is InChI=1S/C41H40N2O10S2Si/c1-24-6-9-30(54(46,47)48)18-25(24)14-16-42-28-7-11-32-37(22-28)56(4,5)38-23-29(43-17-15-26-19-31(55(49,50)51)10-13-34(26)43)8-12-33(38)39(32)40-35(52-2)20-27(41(44)45)21-36(40)53-3/h6-13,18-23H,14-17H2,1-5H3,(H,44,45)(H,46,47,48)(H,49,50,51)/b42-28-. The predicted octanol–water partition coefficient (Wildman–Crippen LogP) is 6.35. The second-order valence-corrected chi connectivity index (χ2v) is 21.6. The van der Waals surface area contributed by atoms with Gasteiger partial charge in [0.1, 0.15) is 19.6 Å². The smallest absolute Gasteiger partial charge is 0.335 e. The summed E-state index contributed by atoms with van der Waals surface area (Å²) in [5.74, 6) is -0.460. The number of carbonyl (C=O) groups is 1. The Kier molecular flexibility index (Phi) is 9.95. The van der Waals surface area contributed by atoms with Gasteiger partial charge in [0.05, 0.1) is 40.8 Å². The molecule has 1 aliphatic carbocycles. The van der Waals surface area contributed by atoms with E-state index >= 15 is 0 Å². The van der Waals surface area contributed by atoms with Crippen LogP contribution in [0.25, 0.3) is 5.57 Å². The van der Waals surface area contributed by atoms with Crippen molar-refractivity contribution in [1.29, 1.82) is 0 Å². The van der Waals surface area contributed by atoms with Gasteiger partial charge in [-0.1, -0.05) is 31.3 Å². The quantitative estimate of drug-likeness (QED) is 0.120. The lowest BCUT2D eigenvalue weighted by Crippen LogP contribution is -2.49. The number of benzene rings is 4. The monoisotopic (exact) mass is 812 g/mol. The van der Waals surface area contributed by atoms with Crippen LogP contribution in [0.1, 0.15) is 38.2 Å². The minimum Gasteiger partial charge on any atom is -0.496 e. The number of aromatic carboxylic acids is 1. The van der Waals surface area contributed by atoms with Crippen LogP contribution >= 0.6 is 0 Å². The van der Waals surface area contributed by atoms with Gasteiger partial charge in [-0.2, -0.15) is 16.8 Å². The van der Waals surface area contributed by atoms with Gasteiger partial charge >= 0.3 is 5.97 Å². The largest absolute Gasteiger partial charge is 0.496 e. The lowest BCUT2D eigenvalue weighted by Gasteiger charge is -2.39. The van der Waals surface area contributed by atoms with Crippen molar-refractivity contribution in [3.8, 4) is 11.5 Å². The summed E-state index contributed by atoms with van der Waals surface area (Å²) in [4.78, 5) is 18.8. The number of allylic oxidation sites excluding steroid dienone is 5. The Morgan fingerprint density at radius 3 is 2.18 bits per heavy atom. The van der Waals surface area contributed by atoms with Crippen LogP contribution in [-0.2, 0) is 33.1 Å². The maximum atomic E-state index is 12.1. The summed E-state index contributed by atoms with van der Waals surface area (Å²) in [7, 11) is -8.29. The van der Waals surface area contributed by atoms with Crippen LogP contribution in [0.15, 0.2) is 111 Å². The highest BCUT2D eigenvalue weighted by Gasteiger charge is 2.41. The van der Waals surface area contributed by atoms with Crippen molar-refractivity contribution < 1.29 is 45.3 Å². The van der Waals surface area contributed by atoms with Crippen LogP contribution in [0, 0.1) is 6.92 Å². The lowest BCUT2D eigenvalue weighted by atomic mass is 9.88. The molecule has 290 valence electrons. The fraction of sp³-hybridized carbons (Fsp3) is 0.220. The van der Waals surface area contributed by atoms with Crippen molar-refractivity contribution in [2.75, 3.05) is 32.2 Å². The molecule has 15 heteroatoms. The molecule has 4 aromatic rings. The first-order chi connectivity index (χ1) is 26.4. The molecule has 0 saturated heterocycles. The predicted molar refractivity (Wildman–Crippen MR) is 217 cm³/mol.